The Morgan fingerprint density at radius 1 is 1.00 bits per heavy atom. The molecular weight excluding hydrogens is 412 g/mol. The highest BCUT2D eigenvalue weighted by Crippen LogP contribution is 2.71. The van der Waals surface area contributed by atoms with Crippen molar-refractivity contribution >= 4 is 5.97 Å². The van der Waals surface area contributed by atoms with Crippen molar-refractivity contribution in [2.45, 2.75) is 104 Å². The molecule has 33 heavy (non-hydrogen) atoms. The van der Waals surface area contributed by atoms with Crippen LogP contribution in [0.5, 0.6) is 0 Å². The van der Waals surface area contributed by atoms with E-state index in [1.807, 2.05) is 0 Å². The molecule has 184 valence electrons. The largest absolute Gasteiger partial charge is 0.463 e. The predicted octanol–water partition coefficient (Wildman–Crippen LogP) is 6.14. The number of fused-ring (bicyclic) bond motifs is 7. The van der Waals surface area contributed by atoms with Crippen molar-refractivity contribution in [2.75, 3.05) is 6.61 Å². The van der Waals surface area contributed by atoms with E-state index < -0.39 is 5.79 Å². The fourth-order valence-corrected chi connectivity index (χ4v) is 10.2. The van der Waals surface area contributed by atoms with E-state index in [4.69, 9.17) is 14.2 Å². The third kappa shape index (κ3) is 3.18. The lowest BCUT2D eigenvalue weighted by Crippen LogP contribution is -2.55. The van der Waals surface area contributed by atoms with E-state index in [-0.39, 0.29) is 12.1 Å². The van der Waals surface area contributed by atoms with Gasteiger partial charge in [0.25, 0.3) is 0 Å². The molecular formula is C29H44O4. The summed E-state index contributed by atoms with van der Waals surface area (Å²) in [6.07, 6.45) is 15.0. The smallest absolute Gasteiger partial charge is 0.302 e. The van der Waals surface area contributed by atoms with Crippen LogP contribution in [0.25, 0.3) is 0 Å². The van der Waals surface area contributed by atoms with Crippen molar-refractivity contribution < 1.29 is 19.0 Å². The van der Waals surface area contributed by atoms with Crippen molar-refractivity contribution in [3.05, 3.63) is 12.2 Å². The van der Waals surface area contributed by atoms with Crippen molar-refractivity contribution in [2.24, 2.45) is 52.3 Å². The third-order valence-corrected chi connectivity index (χ3v) is 11.8. The second kappa shape index (κ2) is 7.56. The first kappa shape index (κ1) is 22.6. The van der Waals surface area contributed by atoms with Crippen molar-refractivity contribution in [3.63, 3.8) is 0 Å². The van der Waals surface area contributed by atoms with Gasteiger partial charge in [0.1, 0.15) is 6.10 Å². The Hall–Kier alpha value is -0.870. The van der Waals surface area contributed by atoms with Gasteiger partial charge in [-0.15, -0.1) is 0 Å². The molecule has 5 fully saturated rings. The van der Waals surface area contributed by atoms with Gasteiger partial charge in [0.2, 0.25) is 0 Å². The maximum Gasteiger partial charge on any atom is 0.302 e. The summed E-state index contributed by atoms with van der Waals surface area (Å²) in [5.41, 5.74) is 0.783. The summed E-state index contributed by atoms with van der Waals surface area (Å²) in [5.74, 6) is 4.06. The summed E-state index contributed by atoms with van der Waals surface area (Å²) in [4.78, 5) is 11.5. The molecule has 0 N–H and O–H groups in total. The first-order valence-electron chi connectivity index (χ1n) is 13.8. The zero-order valence-corrected chi connectivity index (χ0v) is 21.3. The average molecular weight is 457 g/mol. The highest BCUT2D eigenvalue weighted by Gasteiger charge is 2.68. The lowest BCUT2D eigenvalue weighted by atomic mass is 9.44. The minimum Gasteiger partial charge on any atom is -0.463 e. The summed E-state index contributed by atoms with van der Waals surface area (Å²) in [6.45, 7) is 12.2. The third-order valence-electron chi connectivity index (χ3n) is 11.8. The molecule has 2 heterocycles. The van der Waals surface area contributed by atoms with Gasteiger partial charge in [-0.25, -0.2) is 0 Å². The SMILES string of the molecule is CC(=O)OC1CC[C@]2(C)C3CC[C@@]4(C)C(C[C@@H]5O[C@]6(C=C[C@@H](C)CO6)[C@@H](C)[C@@H]54)C3CC[C@H]2C1. The van der Waals surface area contributed by atoms with E-state index >= 15 is 0 Å². The van der Waals surface area contributed by atoms with Crippen LogP contribution in [-0.4, -0.2) is 30.6 Å². The standard InChI is InChI=1S/C29H44O4/c1-17-8-13-29(31-16-17)18(2)26-25(33-29)15-24-22-7-6-20-14-21(32-19(3)30)9-11-27(20,4)23(22)10-12-28(24,26)5/h8,13,17-18,20-26H,6-7,9-12,14-16H2,1-5H3/t17-,18+,20+,21?,22?,23?,24?,25+,26+,27+,28+,29-/m1/s1. The van der Waals surface area contributed by atoms with Crippen LogP contribution in [-0.2, 0) is 19.0 Å². The lowest BCUT2D eigenvalue weighted by molar-refractivity contribution is -0.224. The van der Waals surface area contributed by atoms with Crippen LogP contribution >= 0.6 is 0 Å². The molecule has 0 amide bonds. The van der Waals surface area contributed by atoms with Gasteiger partial charge in [-0.05, 0) is 104 Å². The molecule has 0 radical (unpaired) electrons. The molecule has 6 aliphatic rings. The minimum atomic E-state index is -0.481. The minimum absolute atomic E-state index is 0.110. The van der Waals surface area contributed by atoms with Crippen LogP contribution in [0.3, 0.4) is 0 Å². The number of rotatable bonds is 1. The Kier molecular flexibility index (Phi) is 5.18. The highest BCUT2D eigenvalue weighted by molar-refractivity contribution is 5.66. The van der Waals surface area contributed by atoms with E-state index in [0.717, 1.165) is 37.2 Å². The van der Waals surface area contributed by atoms with Crippen molar-refractivity contribution in [3.8, 4) is 0 Å². The normalized spacial score (nSPS) is 57.2. The molecule has 0 bridgehead atoms. The number of hydrogen-bond donors (Lipinski definition) is 0. The summed E-state index contributed by atoms with van der Waals surface area (Å²) in [6, 6.07) is 0. The van der Waals surface area contributed by atoms with Gasteiger partial charge in [0.05, 0.1) is 12.7 Å². The van der Waals surface area contributed by atoms with Gasteiger partial charge < -0.3 is 14.2 Å². The van der Waals surface area contributed by atoms with Crippen LogP contribution in [0.15, 0.2) is 12.2 Å². The molecule has 1 saturated heterocycles. The molecule has 2 aliphatic heterocycles. The molecule has 0 aromatic rings. The molecule has 0 aromatic heterocycles. The second-order valence-electron chi connectivity index (χ2n) is 13.3. The Labute approximate surface area is 200 Å². The maximum atomic E-state index is 11.5. The summed E-state index contributed by atoms with van der Waals surface area (Å²) < 4.78 is 18.9. The van der Waals surface area contributed by atoms with Crippen molar-refractivity contribution in [1.82, 2.24) is 0 Å². The summed E-state index contributed by atoms with van der Waals surface area (Å²) in [5, 5.41) is 0. The van der Waals surface area contributed by atoms with Gasteiger partial charge >= 0.3 is 5.97 Å². The Morgan fingerprint density at radius 2 is 1.79 bits per heavy atom. The lowest BCUT2D eigenvalue weighted by Gasteiger charge is -2.61. The predicted molar refractivity (Wildman–Crippen MR) is 127 cm³/mol. The first-order chi connectivity index (χ1) is 15.7. The number of carbonyl (C=O) groups excluding carboxylic acids is 1. The molecule has 12 atom stereocenters. The number of esters is 1. The van der Waals surface area contributed by atoms with Crippen LogP contribution in [0.4, 0.5) is 0 Å². The molecule has 4 nitrogen and oxygen atoms in total. The van der Waals surface area contributed by atoms with E-state index in [1.54, 1.807) is 6.92 Å². The van der Waals surface area contributed by atoms with Crippen molar-refractivity contribution in [1.29, 1.82) is 0 Å². The van der Waals surface area contributed by atoms with Gasteiger partial charge in [0.15, 0.2) is 5.79 Å². The second-order valence-corrected chi connectivity index (χ2v) is 13.3. The molecule has 1 spiro atoms. The highest BCUT2D eigenvalue weighted by atomic mass is 16.7. The van der Waals surface area contributed by atoms with Gasteiger partial charge in [-0.2, -0.15) is 0 Å². The zero-order chi connectivity index (χ0) is 23.2. The molecule has 4 aliphatic carbocycles. The van der Waals surface area contributed by atoms with E-state index in [0.29, 0.717) is 40.6 Å². The van der Waals surface area contributed by atoms with Gasteiger partial charge in [0, 0.05) is 12.8 Å². The van der Waals surface area contributed by atoms with Gasteiger partial charge in [-0.1, -0.05) is 33.8 Å². The fraction of sp³-hybridized carbons (Fsp3) is 0.897. The van der Waals surface area contributed by atoms with Crippen LogP contribution in [0, 0.1) is 52.3 Å². The summed E-state index contributed by atoms with van der Waals surface area (Å²) in [7, 11) is 0. The molecule has 4 saturated carbocycles. The van der Waals surface area contributed by atoms with E-state index in [2.05, 4.69) is 39.8 Å². The Balaban J connectivity index is 1.22. The fourth-order valence-electron chi connectivity index (χ4n) is 10.2. The molecule has 4 heteroatoms. The number of carbonyl (C=O) groups is 1. The number of hydrogen-bond acceptors (Lipinski definition) is 4. The maximum absolute atomic E-state index is 11.5. The molecule has 4 unspecified atom stereocenters. The van der Waals surface area contributed by atoms with E-state index in [9.17, 15) is 4.79 Å². The average Bonchev–Trinajstić information content (AvgIpc) is 3.21. The first-order valence-corrected chi connectivity index (χ1v) is 13.8. The van der Waals surface area contributed by atoms with Crippen LogP contribution < -0.4 is 0 Å². The van der Waals surface area contributed by atoms with Crippen LogP contribution in [0.2, 0.25) is 0 Å². The topological polar surface area (TPSA) is 44.8 Å². The summed E-state index contributed by atoms with van der Waals surface area (Å²) >= 11 is 0. The quantitative estimate of drug-likeness (QED) is 0.351. The Bertz CT molecular complexity index is 837. The number of ether oxygens (including phenoxy) is 3. The monoisotopic (exact) mass is 456 g/mol. The molecule has 0 aromatic carbocycles. The zero-order valence-electron chi connectivity index (χ0n) is 21.3. The van der Waals surface area contributed by atoms with Crippen LogP contribution in [0.1, 0.15) is 86.0 Å². The van der Waals surface area contributed by atoms with Gasteiger partial charge in [-0.3, -0.25) is 4.79 Å². The van der Waals surface area contributed by atoms with E-state index in [1.165, 1.54) is 38.5 Å². The Morgan fingerprint density at radius 3 is 2.52 bits per heavy atom. The molecule has 6 rings (SSSR count).